The smallest absolute Gasteiger partial charge is 0.244 e. The number of ether oxygens (including phenoxy) is 1. The number of anilines is 1. The number of carbonyl (C=O) groups excluding carboxylic acids is 1. The van der Waals surface area contributed by atoms with Crippen molar-refractivity contribution in [2.75, 3.05) is 31.6 Å². The van der Waals surface area contributed by atoms with E-state index in [1.807, 2.05) is 17.5 Å². The minimum Gasteiger partial charge on any atom is -0.379 e. The normalized spacial score (nSPS) is 15.0. The average molecular weight is 497 g/mol. The van der Waals surface area contributed by atoms with Gasteiger partial charge in [-0.05, 0) is 36.1 Å². The van der Waals surface area contributed by atoms with Gasteiger partial charge in [-0.1, -0.05) is 22.8 Å². The van der Waals surface area contributed by atoms with Gasteiger partial charge >= 0.3 is 0 Å². The van der Waals surface area contributed by atoms with Crippen molar-refractivity contribution in [3.63, 3.8) is 0 Å². The Morgan fingerprint density at radius 1 is 1.25 bits per heavy atom. The number of rotatable bonds is 8. The van der Waals surface area contributed by atoms with Crippen LogP contribution in [0.1, 0.15) is 18.7 Å². The SMILES string of the molecule is O=C(CCCc1nc(-c2cccs2)no1)Nc1ccc(Cl)c(S(=O)(=O)N2CCOCC2)c1. The molecule has 1 aliphatic rings. The zero-order valence-electron chi connectivity index (χ0n) is 17.0. The van der Waals surface area contributed by atoms with Crippen LogP contribution < -0.4 is 5.32 Å². The highest BCUT2D eigenvalue weighted by molar-refractivity contribution is 7.89. The van der Waals surface area contributed by atoms with E-state index in [0.29, 0.717) is 43.5 Å². The molecule has 12 heteroatoms. The number of hydrogen-bond donors (Lipinski definition) is 1. The fourth-order valence-electron chi connectivity index (χ4n) is 3.19. The van der Waals surface area contributed by atoms with E-state index >= 15 is 0 Å². The number of hydrogen-bond acceptors (Lipinski definition) is 8. The first kappa shape index (κ1) is 22.9. The van der Waals surface area contributed by atoms with Crippen LogP contribution in [0.2, 0.25) is 5.02 Å². The highest BCUT2D eigenvalue weighted by Gasteiger charge is 2.28. The van der Waals surface area contributed by atoms with Crippen LogP contribution in [0.15, 0.2) is 45.1 Å². The second-order valence-electron chi connectivity index (χ2n) is 7.05. The third-order valence-electron chi connectivity index (χ3n) is 4.81. The molecular weight excluding hydrogens is 476 g/mol. The molecule has 4 rings (SSSR count). The Morgan fingerprint density at radius 3 is 2.81 bits per heavy atom. The molecule has 32 heavy (non-hydrogen) atoms. The molecule has 0 aliphatic carbocycles. The first-order valence-corrected chi connectivity index (χ1v) is 12.7. The summed E-state index contributed by atoms with van der Waals surface area (Å²) in [7, 11) is -3.78. The van der Waals surface area contributed by atoms with Crippen molar-refractivity contribution in [3.05, 3.63) is 46.6 Å². The Labute approximate surface area is 194 Å². The monoisotopic (exact) mass is 496 g/mol. The second-order valence-corrected chi connectivity index (χ2v) is 10.3. The summed E-state index contributed by atoms with van der Waals surface area (Å²) in [6.45, 7) is 1.20. The molecule has 3 aromatic rings. The molecule has 1 N–H and O–H groups in total. The summed E-state index contributed by atoms with van der Waals surface area (Å²) in [5.74, 6) is 0.751. The standard InChI is InChI=1S/C20H21ClN4O5S2/c21-15-7-6-14(13-17(15)32(27,28)25-8-10-29-11-9-25)22-18(26)4-1-5-19-23-20(24-30-19)16-3-2-12-31-16/h2-3,6-7,12-13H,1,4-5,8-11H2,(H,22,26). The fourth-order valence-corrected chi connectivity index (χ4v) is 5.75. The molecule has 9 nitrogen and oxygen atoms in total. The maximum Gasteiger partial charge on any atom is 0.244 e. The predicted octanol–water partition coefficient (Wildman–Crippen LogP) is 3.43. The van der Waals surface area contributed by atoms with Gasteiger partial charge in [0.2, 0.25) is 27.6 Å². The molecule has 1 fully saturated rings. The van der Waals surface area contributed by atoms with Crippen molar-refractivity contribution in [2.45, 2.75) is 24.2 Å². The third kappa shape index (κ3) is 5.36. The second kappa shape index (κ2) is 10.1. The molecule has 0 atom stereocenters. The number of aromatic nitrogens is 2. The quantitative estimate of drug-likeness (QED) is 0.508. The number of morpholine rings is 1. The number of nitrogens with one attached hydrogen (secondary N) is 1. The number of amides is 1. The van der Waals surface area contributed by atoms with E-state index in [0.717, 1.165) is 4.88 Å². The summed E-state index contributed by atoms with van der Waals surface area (Å²) in [6, 6.07) is 8.25. The van der Waals surface area contributed by atoms with Gasteiger partial charge in [0.25, 0.3) is 0 Å². The topological polar surface area (TPSA) is 115 Å². The van der Waals surface area contributed by atoms with Crippen molar-refractivity contribution >= 4 is 44.6 Å². The van der Waals surface area contributed by atoms with E-state index in [1.165, 1.54) is 27.8 Å². The van der Waals surface area contributed by atoms with E-state index in [9.17, 15) is 13.2 Å². The number of thiophene rings is 1. The van der Waals surface area contributed by atoms with Crippen molar-refractivity contribution in [1.29, 1.82) is 0 Å². The fraction of sp³-hybridized carbons (Fsp3) is 0.350. The predicted molar refractivity (Wildman–Crippen MR) is 120 cm³/mol. The first-order valence-electron chi connectivity index (χ1n) is 9.97. The maximum absolute atomic E-state index is 12.9. The van der Waals surface area contributed by atoms with Crippen LogP contribution in [-0.4, -0.2) is 55.1 Å². The molecule has 1 aliphatic heterocycles. The lowest BCUT2D eigenvalue weighted by Crippen LogP contribution is -2.40. The van der Waals surface area contributed by atoms with E-state index < -0.39 is 10.0 Å². The molecule has 170 valence electrons. The van der Waals surface area contributed by atoms with Gasteiger partial charge in [-0.3, -0.25) is 4.79 Å². The summed E-state index contributed by atoms with van der Waals surface area (Å²) in [6.07, 6.45) is 1.18. The Bertz CT molecular complexity index is 1170. The van der Waals surface area contributed by atoms with Crippen LogP contribution in [0.3, 0.4) is 0 Å². The summed E-state index contributed by atoms with van der Waals surface area (Å²) in [5.41, 5.74) is 0.365. The highest BCUT2D eigenvalue weighted by atomic mass is 35.5. The number of benzene rings is 1. The van der Waals surface area contributed by atoms with Crippen molar-refractivity contribution in [2.24, 2.45) is 0 Å². The largest absolute Gasteiger partial charge is 0.379 e. The lowest BCUT2D eigenvalue weighted by atomic mass is 10.2. The van der Waals surface area contributed by atoms with E-state index in [2.05, 4.69) is 15.5 Å². The van der Waals surface area contributed by atoms with Crippen LogP contribution in [0.4, 0.5) is 5.69 Å². The zero-order chi connectivity index (χ0) is 22.6. The van der Waals surface area contributed by atoms with Gasteiger partial charge in [0.15, 0.2) is 0 Å². The number of sulfonamides is 1. The van der Waals surface area contributed by atoms with Gasteiger partial charge in [-0.15, -0.1) is 11.3 Å². The lowest BCUT2D eigenvalue weighted by Gasteiger charge is -2.26. The van der Waals surface area contributed by atoms with Gasteiger partial charge in [-0.2, -0.15) is 9.29 Å². The van der Waals surface area contributed by atoms with Crippen LogP contribution in [0.25, 0.3) is 10.7 Å². The summed E-state index contributed by atoms with van der Waals surface area (Å²) >= 11 is 7.68. The van der Waals surface area contributed by atoms with E-state index in [-0.39, 0.29) is 35.3 Å². The number of carbonyl (C=O) groups is 1. The number of halogens is 1. The molecular formula is C20H21ClN4O5S2. The minimum absolute atomic E-state index is 0.0363. The molecule has 1 saturated heterocycles. The van der Waals surface area contributed by atoms with Crippen LogP contribution in [0.5, 0.6) is 0 Å². The molecule has 0 radical (unpaired) electrons. The molecule has 3 heterocycles. The Balaban J connectivity index is 1.34. The van der Waals surface area contributed by atoms with Crippen molar-refractivity contribution in [1.82, 2.24) is 14.4 Å². The highest BCUT2D eigenvalue weighted by Crippen LogP contribution is 2.28. The zero-order valence-corrected chi connectivity index (χ0v) is 19.4. The Kier molecular flexibility index (Phi) is 7.21. The molecule has 0 bridgehead atoms. The van der Waals surface area contributed by atoms with Crippen molar-refractivity contribution < 1.29 is 22.5 Å². The third-order valence-corrected chi connectivity index (χ3v) is 8.05. The minimum atomic E-state index is -3.78. The van der Waals surface area contributed by atoms with Crippen LogP contribution in [-0.2, 0) is 26.0 Å². The van der Waals surface area contributed by atoms with Crippen LogP contribution >= 0.6 is 22.9 Å². The lowest BCUT2D eigenvalue weighted by molar-refractivity contribution is -0.116. The first-order chi connectivity index (χ1) is 15.4. The summed E-state index contributed by atoms with van der Waals surface area (Å²) in [5, 5.41) is 8.71. The molecule has 1 aromatic carbocycles. The molecule has 2 aromatic heterocycles. The molecule has 0 saturated carbocycles. The van der Waals surface area contributed by atoms with E-state index in [4.69, 9.17) is 20.9 Å². The van der Waals surface area contributed by atoms with Gasteiger partial charge < -0.3 is 14.6 Å². The van der Waals surface area contributed by atoms with Gasteiger partial charge in [-0.25, -0.2) is 8.42 Å². The maximum atomic E-state index is 12.9. The number of aryl methyl sites for hydroxylation is 1. The molecule has 0 unspecified atom stereocenters. The summed E-state index contributed by atoms with van der Waals surface area (Å²) < 4.78 is 37.6. The van der Waals surface area contributed by atoms with Gasteiger partial charge in [0.1, 0.15) is 4.90 Å². The van der Waals surface area contributed by atoms with Crippen molar-refractivity contribution in [3.8, 4) is 10.7 Å². The van der Waals surface area contributed by atoms with Crippen LogP contribution in [0, 0.1) is 0 Å². The molecule has 0 spiro atoms. The Morgan fingerprint density at radius 2 is 2.06 bits per heavy atom. The Hall–Kier alpha value is -2.31. The average Bonchev–Trinajstić information content (AvgIpc) is 3.48. The molecule has 1 amide bonds. The van der Waals surface area contributed by atoms with Gasteiger partial charge in [0, 0.05) is 31.6 Å². The van der Waals surface area contributed by atoms with E-state index in [1.54, 1.807) is 6.07 Å². The summed E-state index contributed by atoms with van der Waals surface area (Å²) in [4.78, 5) is 17.6. The van der Waals surface area contributed by atoms with Gasteiger partial charge in [0.05, 0.1) is 23.1 Å². The number of nitrogens with zero attached hydrogens (tertiary/aromatic N) is 3.